The standard InChI is InChI=1S/C77H150O6/c1-4-7-10-13-16-19-22-25-28-31-34-37-39-41-43-46-49-52-55-58-61-64-67-70-76(79)82-73-74(72-81-75(78)69-66-63-60-57-54-51-48-45-42-36-33-30-27-24-21-18-15-12-9-6-3)83-77(80)71-68-65-62-59-56-53-50-47-44-40-38-35-32-29-26-23-20-17-14-11-8-5-2/h74H,4-73H2,1-3H3. The van der Waals surface area contributed by atoms with E-state index in [1.807, 2.05) is 0 Å². The van der Waals surface area contributed by atoms with Crippen molar-refractivity contribution in [3.05, 3.63) is 0 Å². The van der Waals surface area contributed by atoms with Gasteiger partial charge in [0.25, 0.3) is 0 Å². The SMILES string of the molecule is CCCCCCCCCCCCCCCCCCCCCCCCCC(=O)OCC(COC(=O)CCCCCCCCCCCCCCCCCCCCCC)OC(=O)CCCCCCCCCCCCCCCCCCCCCCCC. The molecule has 0 aliphatic rings. The van der Waals surface area contributed by atoms with Crippen LogP contribution in [-0.4, -0.2) is 37.2 Å². The van der Waals surface area contributed by atoms with Crippen LogP contribution in [0.15, 0.2) is 0 Å². The van der Waals surface area contributed by atoms with Gasteiger partial charge < -0.3 is 14.2 Å². The Kier molecular flexibility index (Phi) is 71.5. The molecule has 0 aliphatic carbocycles. The molecule has 6 heteroatoms. The summed E-state index contributed by atoms with van der Waals surface area (Å²) in [5.41, 5.74) is 0. The second-order valence-electron chi connectivity index (χ2n) is 26.6. The van der Waals surface area contributed by atoms with E-state index in [-0.39, 0.29) is 31.1 Å². The molecule has 1 unspecified atom stereocenters. The smallest absolute Gasteiger partial charge is 0.306 e. The maximum Gasteiger partial charge on any atom is 0.306 e. The molecule has 494 valence electrons. The normalized spacial score (nSPS) is 11.9. The van der Waals surface area contributed by atoms with Gasteiger partial charge in [-0.3, -0.25) is 14.4 Å². The minimum atomic E-state index is -0.764. The molecule has 1 atom stereocenters. The van der Waals surface area contributed by atoms with E-state index in [0.29, 0.717) is 19.3 Å². The number of hydrogen-bond acceptors (Lipinski definition) is 6. The quantitative estimate of drug-likeness (QED) is 0.0343. The van der Waals surface area contributed by atoms with Gasteiger partial charge in [-0.25, -0.2) is 0 Å². The third-order valence-electron chi connectivity index (χ3n) is 18.1. The molecule has 83 heavy (non-hydrogen) atoms. The Labute approximate surface area is 520 Å². The van der Waals surface area contributed by atoms with Crippen LogP contribution in [0.4, 0.5) is 0 Å². The van der Waals surface area contributed by atoms with E-state index >= 15 is 0 Å². The predicted octanol–water partition coefficient (Wildman–Crippen LogP) is 26.6. The molecule has 0 saturated carbocycles. The Bertz CT molecular complexity index is 1250. The van der Waals surface area contributed by atoms with Crippen LogP contribution in [-0.2, 0) is 28.6 Å². The van der Waals surface area contributed by atoms with E-state index in [0.717, 1.165) is 57.8 Å². The van der Waals surface area contributed by atoms with Gasteiger partial charge in [0.1, 0.15) is 13.2 Å². The molecule has 0 N–H and O–H groups in total. The van der Waals surface area contributed by atoms with E-state index in [1.54, 1.807) is 0 Å². The maximum atomic E-state index is 13.0. The van der Waals surface area contributed by atoms with E-state index in [9.17, 15) is 14.4 Å². The first-order valence-electron chi connectivity index (χ1n) is 38.5. The molecule has 0 saturated heterocycles. The highest BCUT2D eigenvalue weighted by molar-refractivity contribution is 5.71. The van der Waals surface area contributed by atoms with Gasteiger partial charge >= 0.3 is 17.9 Å². The third-order valence-corrected chi connectivity index (χ3v) is 18.1. The van der Waals surface area contributed by atoms with Gasteiger partial charge in [-0.2, -0.15) is 0 Å². The zero-order chi connectivity index (χ0) is 59.9. The van der Waals surface area contributed by atoms with Crippen LogP contribution in [0.1, 0.15) is 457 Å². The number of esters is 3. The van der Waals surface area contributed by atoms with Crippen LogP contribution in [0.5, 0.6) is 0 Å². The van der Waals surface area contributed by atoms with Crippen molar-refractivity contribution in [1.29, 1.82) is 0 Å². The Hall–Kier alpha value is -1.59. The lowest BCUT2D eigenvalue weighted by molar-refractivity contribution is -0.167. The largest absolute Gasteiger partial charge is 0.462 e. The molecule has 0 aromatic heterocycles. The van der Waals surface area contributed by atoms with Crippen molar-refractivity contribution in [3.8, 4) is 0 Å². The van der Waals surface area contributed by atoms with Crippen molar-refractivity contribution >= 4 is 17.9 Å². The number of carbonyl (C=O) groups is 3. The lowest BCUT2D eigenvalue weighted by atomic mass is 10.0. The van der Waals surface area contributed by atoms with Crippen LogP contribution < -0.4 is 0 Å². The van der Waals surface area contributed by atoms with Gasteiger partial charge in [-0.1, -0.05) is 419 Å². The molecule has 0 fully saturated rings. The number of hydrogen-bond donors (Lipinski definition) is 0. The fraction of sp³-hybridized carbons (Fsp3) is 0.961. The van der Waals surface area contributed by atoms with Gasteiger partial charge in [-0.05, 0) is 19.3 Å². The highest BCUT2D eigenvalue weighted by Crippen LogP contribution is 2.20. The first-order valence-corrected chi connectivity index (χ1v) is 38.5. The molecule has 0 aromatic carbocycles. The minimum absolute atomic E-state index is 0.0596. The lowest BCUT2D eigenvalue weighted by Crippen LogP contribution is -2.30. The molecule has 0 amide bonds. The number of carbonyl (C=O) groups excluding carboxylic acids is 3. The summed E-state index contributed by atoms with van der Waals surface area (Å²) < 4.78 is 17.1. The first-order chi connectivity index (χ1) is 41.0. The molecular formula is C77H150O6. The van der Waals surface area contributed by atoms with Crippen molar-refractivity contribution in [2.45, 2.75) is 463 Å². The fourth-order valence-electron chi connectivity index (χ4n) is 12.3. The van der Waals surface area contributed by atoms with E-state index in [4.69, 9.17) is 14.2 Å². The first kappa shape index (κ1) is 81.4. The summed E-state index contributed by atoms with van der Waals surface area (Å²) in [5, 5.41) is 0. The summed E-state index contributed by atoms with van der Waals surface area (Å²) in [6.07, 6.45) is 87.2. The molecule has 0 spiro atoms. The van der Waals surface area contributed by atoms with Crippen LogP contribution in [0.25, 0.3) is 0 Å². The van der Waals surface area contributed by atoms with Gasteiger partial charge in [-0.15, -0.1) is 0 Å². The molecular weight excluding hydrogens is 1020 g/mol. The monoisotopic (exact) mass is 1170 g/mol. The van der Waals surface area contributed by atoms with Crippen molar-refractivity contribution in [2.75, 3.05) is 13.2 Å². The fourth-order valence-corrected chi connectivity index (χ4v) is 12.3. The van der Waals surface area contributed by atoms with Gasteiger partial charge in [0.15, 0.2) is 6.10 Å². The molecule has 0 rings (SSSR count). The summed E-state index contributed by atoms with van der Waals surface area (Å²) in [4.78, 5) is 38.6. The topological polar surface area (TPSA) is 78.9 Å². The molecule has 0 heterocycles. The minimum Gasteiger partial charge on any atom is -0.462 e. The van der Waals surface area contributed by atoms with Crippen molar-refractivity contribution < 1.29 is 28.6 Å². The molecule has 0 aliphatic heterocycles. The van der Waals surface area contributed by atoms with Crippen molar-refractivity contribution in [3.63, 3.8) is 0 Å². The second kappa shape index (κ2) is 72.9. The maximum absolute atomic E-state index is 13.0. The Morgan fingerprint density at radius 1 is 0.193 bits per heavy atom. The average Bonchev–Trinajstić information content (AvgIpc) is 3.49. The van der Waals surface area contributed by atoms with Gasteiger partial charge in [0.2, 0.25) is 0 Å². The molecule has 6 nitrogen and oxygen atoms in total. The predicted molar refractivity (Wildman–Crippen MR) is 363 cm³/mol. The summed E-state index contributed by atoms with van der Waals surface area (Å²) in [6, 6.07) is 0. The third kappa shape index (κ3) is 71.1. The highest BCUT2D eigenvalue weighted by atomic mass is 16.6. The number of unbranched alkanes of at least 4 members (excludes halogenated alkanes) is 62. The van der Waals surface area contributed by atoms with E-state index in [2.05, 4.69) is 20.8 Å². The van der Waals surface area contributed by atoms with Gasteiger partial charge in [0, 0.05) is 19.3 Å². The Morgan fingerprint density at radius 2 is 0.325 bits per heavy atom. The number of rotatable bonds is 73. The van der Waals surface area contributed by atoms with Crippen LogP contribution in [0.3, 0.4) is 0 Å². The highest BCUT2D eigenvalue weighted by Gasteiger charge is 2.20. The Balaban J connectivity index is 4.25. The van der Waals surface area contributed by atoms with Crippen molar-refractivity contribution in [2.24, 2.45) is 0 Å². The summed E-state index contributed by atoms with van der Waals surface area (Å²) in [6.45, 7) is 6.77. The van der Waals surface area contributed by atoms with Crippen LogP contribution in [0, 0.1) is 0 Å². The lowest BCUT2D eigenvalue weighted by Gasteiger charge is -2.18. The molecule has 0 bridgehead atoms. The second-order valence-corrected chi connectivity index (χ2v) is 26.6. The zero-order valence-electron chi connectivity index (χ0n) is 57.0. The van der Waals surface area contributed by atoms with Gasteiger partial charge in [0.05, 0.1) is 0 Å². The van der Waals surface area contributed by atoms with E-state index < -0.39 is 6.10 Å². The molecule has 0 aromatic rings. The van der Waals surface area contributed by atoms with Crippen LogP contribution in [0.2, 0.25) is 0 Å². The Morgan fingerprint density at radius 3 is 0.482 bits per heavy atom. The molecule has 0 radical (unpaired) electrons. The zero-order valence-corrected chi connectivity index (χ0v) is 57.0. The van der Waals surface area contributed by atoms with E-state index in [1.165, 1.54) is 360 Å². The van der Waals surface area contributed by atoms with Crippen molar-refractivity contribution in [1.82, 2.24) is 0 Å². The average molecular weight is 1170 g/mol. The number of ether oxygens (including phenoxy) is 3. The summed E-state index contributed by atoms with van der Waals surface area (Å²) in [7, 11) is 0. The summed E-state index contributed by atoms with van der Waals surface area (Å²) in [5.74, 6) is -0.812. The van der Waals surface area contributed by atoms with Crippen LogP contribution >= 0.6 is 0 Å². The summed E-state index contributed by atoms with van der Waals surface area (Å²) >= 11 is 0.